The molecule has 10 heteroatoms. The number of hydrogen-bond donors (Lipinski definition) is 3. The van der Waals surface area contributed by atoms with Crippen molar-refractivity contribution in [2.45, 2.75) is 31.7 Å². The van der Waals surface area contributed by atoms with Crippen LogP contribution in [0.25, 0.3) is 11.1 Å². The van der Waals surface area contributed by atoms with Crippen molar-refractivity contribution < 1.29 is 27.2 Å². The maximum Gasteiger partial charge on any atom is 0.312 e. The molecule has 0 unspecified atom stereocenters. The molecule has 0 saturated heterocycles. The highest BCUT2D eigenvalue weighted by Crippen LogP contribution is 2.43. The van der Waals surface area contributed by atoms with Gasteiger partial charge in [0.05, 0.1) is 17.9 Å². The third kappa shape index (κ3) is 5.42. The Morgan fingerprint density at radius 3 is 2.46 bits per heavy atom. The maximum atomic E-state index is 15.8. The van der Waals surface area contributed by atoms with E-state index in [2.05, 4.69) is 15.6 Å². The second kappa shape index (κ2) is 9.73. The third-order valence-corrected chi connectivity index (χ3v) is 5.90. The molecule has 182 valence electrons. The van der Waals surface area contributed by atoms with Crippen molar-refractivity contribution in [3.8, 4) is 11.1 Å². The van der Waals surface area contributed by atoms with Crippen LogP contribution in [0.3, 0.4) is 0 Å². The molecule has 3 aromatic rings. The van der Waals surface area contributed by atoms with E-state index in [1.807, 2.05) is 0 Å². The number of nitrogens with one attached hydrogen (secondary N) is 2. The van der Waals surface area contributed by atoms with Gasteiger partial charge in [0, 0.05) is 42.5 Å². The van der Waals surface area contributed by atoms with Gasteiger partial charge in [0.15, 0.2) is 5.82 Å². The largest absolute Gasteiger partial charge is 0.352 e. The fraction of sp³-hybridized carbons (Fsp3) is 0.240. The lowest BCUT2D eigenvalue weighted by molar-refractivity contribution is -0.145. The predicted molar refractivity (Wildman–Crippen MR) is 122 cm³/mol. The van der Waals surface area contributed by atoms with E-state index >= 15 is 4.39 Å². The van der Waals surface area contributed by atoms with E-state index in [1.165, 1.54) is 36.5 Å². The highest BCUT2D eigenvalue weighted by atomic mass is 19.3. The van der Waals surface area contributed by atoms with Gasteiger partial charge in [-0.05, 0) is 29.3 Å². The van der Waals surface area contributed by atoms with Gasteiger partial charge in [0.25, 0.3) is 0 Å². The second-order valence-corrected chi connectivity index (χ2v) is 8.39. The summed E-state index contributed by atoms with van der Waals surface area (Å²) in [5.41, 5.74) is 6.49. The van der Waals surface area contributed by atoms with Crippen LogP contribution in [0.5, 0.6) is 0 Å². The van der Waals surface area contributed by atoms with Crippen LogP contribution in [0.1, 0.15) is 29.7 Å². The topological polar surface area (TPSA) is 97.1 Å². The zero-order chi connectivity index (χ0) is 25.2. The summed E-state index contributed by atoms with van der Waals surface area (Å²) in [5, 5.41) is 4.83. The number of nitrogens with two attached hydrogens (primary N) is 1. The predicted octanol–water partition coefficient (Wildman–Crippen LogP) is 4.77. The zero-order valence-corrected chi connectivity index (χ0v) is 18.5. The number of anilines is 1. The summed E-state index contributed by atoms with van der Waals surface area (Å²) in [4.78, 5) is 27.8. The summed E-state index contributed by atoms with van der Waals surface area (Å²) in [7, 11) is 0. The van der Waals surface area contributed by atoms with Crippen LogP contribution < -0.4 is 16.4 Å². The Labute approximate surface area is 198 Å². The summed E-state index contributed by atoms with van der Waals surface area (Å²) < 4.78 is 56.6. The summed E-state index contributed by atoms with van der Waals surface area (Å²) in [5.74, 6) is -5.86. The molecular weight excluding hydrogens is 464 g/mol. The lowest BCUT2D eigenvalue weighted by Gasteiger charge is -2.33. The fourth-order valence-corrected chi connectivity index (χ4v) is 4.05. The van der Waals surface area contributed by atoms with E-state index in [4.69, 9.17) is 5.73 Å². The summed E-state index contributed by atoms with van der Waals surface area (Å²) in [6, 6.07) is 11.3. The standard InChI is InChI=1S/C25H22F4N4O2/c26-19-6-2-1-4-14(19)10-18-16(17-5-3-9-31-21(17)13-32-24(30)35)7-8-20(22(18)27)33-23(34)15-11-25(28,29)12-15/h1-9,15H,10-13H2,(H,33,34)(H3,30,32,35). The van der Waals surface area contributed by atoms with Crippen LogP contribution in [-0.4, -0.2) is 22.8 Å². The van der Waals surface area contributed by atoms with Gasteiger partial charge in [-0.15, -0.1) is 0 Å². The number of aromatic nitrogens is 1. The third-order valence-electron chi connectivity index (χ3n) is 5.90. The molecule has 4 N–H and O–H groups in total. The number of carbonyl (C=O) groups is 2. The Kier molecular flexibility index (Phi) is 6.72. The van der Waals surface area contributed by atoms with Gasteiger partial charge in [0.1, 0.15) is 5.82 Å². The van der Waals surface area contributed by atoms with Crippen molar-refractivity contribution in [1.82, 2.24) is 10.3 Å². The smallest absolute Gasteiger partial charge is 0.312 e. The van der Waals surface area contributed by atoms with Crippen LogP contribution in [0.2, 0.25) is 0 Å². The first-order valence-corrected chi connectivity index (χ1v) is 10.9. The second-order valence-electron chi connectivity index (χ2n) is 8.39. The van der Waals surface area contributed by atoms with E-state index in [0.29, 0.717) is 16.8 Å². The van der Waals surface area contributed by atoms with Crippen molar-refractivity contribution in [3.05, 3.63) is 83.2 Å². The number of alkyl halides is 2. The molecule has 1 saturated carbocycles. The molecule has 0 spiro atoms. The first kappa shape index (κ1) is 24.2. The number of hydrogen-bond acceptors (Lipinski definition) is 3. The molecule has 1 aliphatic rings. The number of urea groups is 1. The zero-order valence-electron chi connectivity index (χ0n) is 18.5. The number of primary amides is 1. The summed E-state index contributed by atoms with van der Waals surface area (Å²) in [6.45, 7) is -0.0271. The molecule has 1 aromatic heterocycles. The fourth-order valence-electron chi connectivity index (χ4n) is 4.05. The van der Waals surface area contributed by atoms with Crippen LogP contribution in [-0.2, 0) is 17.8 Å². The molecule has 0 aliphatic heterocycles. The maximum absolute atomic E-state index is 15.8. The van der Waals surface area contributed by atoms with E-state index in [1.54, 1.807) is 18.2 Å². The van der Waals surface area contributed by atoms with Gasteiger partial charge in [-0.1, -0.05) is 30.3 Å². The number of carbonyl (C=O) groups excluding carboxylic acids is 2. The molecule has 35 heavy (non-hydrogen) atoms. The molecule has 0 radical (unpaired) electrons. The van der Waals surface area contributed by atoms with Crippen LogP contribution in [0.4, 0.5) is 28.0 Å². The van der Waals surface area contributed by atoms with Crippen molar-refractivity contribution in [3.63, 3.8) is 0 Å². The van der Waals surface area contributed by atoms with Gasteiger partial charge < -0.3 is 16.4 Å². The van der Waals surface area contributed by atoms with E-state index in [9.17, 15) is 22.8 Å². The highest BCUT2D eigenvalue weighted by molar-refractivity contribution is 5.94. The highest BCUT2D eigenvalue weighted by Gasteiger charge is 2.48. The SMILES string of the molecule is NC(=O)NCc1ncccc1-c1ccc(NC(=O)C2CC(F)(F)C2)c(F)c1Cc1ccccc1F. The number of pyridine rings is 1. The van der Waals surface area contributed by atoms with E-state index < -0.39 is 48.3 Å². The first-order valence-electron chi connectivity index (χ1n) is 10.9. The Bertz CT molecular complexity index is 1270. The number of nitrogens with zero attached hydrogens (tertiary/aromatic N) is 1. The van der Waals surface area contributed by atoms with Crippen molar-refractivity contribution >= 4 is 17.6 Å². The number of amides is 3. The van der Waals surface area contributed by atoms with Gasteiger partial charge in [-0.2, -0.15) is 0 Å². The molecule has 1 fully saturated rings. The van der Waals surface area contributed by atoms with Gasteiger partial charge in [-0.25, -0.2) is 22.4 Å². The summed E-state index contributed by atoms with van der Waals surface area (Å²) >= 11 is 0. The molecule has 1 aliphatic carbocycles. The van der Waals surface area contributed by atoms with Crippen molar-refractivity contribution in [2.24, 2.45) is 11.7 Å². The molecule has 6 nitrogen and oxygen atoms in total. The Hall–Kier alpha value is -3.95. The van der Waals surface area contributed by atoms with Gasteiger partial charge in [0.2, 0.25) is 11.8 Å². The molecule has 0 bridgehead atoms. The minimum atomic E-state index is -2.89. The quantitative estimate of drug-likeness (QED) is 0.420. The van der Waals surface area contributed by atoms with Crippen molar-refractivity contribution in [2.75, 3.05) is 5.32 Å². The lowest BCUT2D eigenvalue weighted by Crippen LogP contribution is -2.42. The van der Waals surface area contributed by atoms with Gasteiger partial charge in [-0.3, -0.25) is 9.78 Å². The molecule has 0 atom stereocenters. The normalized spacial score (nSPS) is 14.7. The van der Waals surface area contributed by atoms with Crippen LogP contribution in [0.15, 0.2) is 54.7 Å². The van der Waals surface area contributed by atoms with E-state index in [-0.39, 0.29) is 29.8 Å². The minimum Gasteiger partial charge on any atom is -0.352 e. The minimum absolute atomic E-state index is 0.0271. The Balaban J connectivity index is 1.74. The molecule has 4 rings (SSSR count). The number of benzene rings is 2. The Morgan fingerprint density at radius 2 is 1.77 bits per heavy atom. The lowest BCUT2D eigenvalue weighted by atomic mass is 9.80. The molecule has 1 heterocycles. The van der Waals surface area contributed by atoms with Crippen LogP contribution in [0, 0.1) is 17.6 Å². The summed E-state index contributed by atoms with van der Waals surface area (Å²) in [6.07, 6.45) is 0.160. The van der Waals surface area contributed by atoms with E-state index in [0.717, 1.165) is 0 Å². The Morgan fingerprint density at radius 1 is 1.03 bits per heavy atom. The van der Waals surface area contributed by atoms with Crippen molar-refractivity contribution in [1.29, 1.82) is 0 Å². The average molecular weight is 486 g/mol. The molecule has 2 aromatic carbocycles. The number of halogens is 4. The average Bonchev–Trinajstić information content (AvgIpc) is 2.80. The monoisotopic (exact) mass is 486 g/mol. The number of rotatable bonds is 7. The van der Waals surface area contributed by atoms with Gasteiger partial charge >= 0.3 is 6.03 Å². The molecule has 3 amide bonds. The first-order chi connectivity index (χ1) is 16.6. The molecular formula is C25H22F4N4O2. The van der Waals surface area contributed by atoms with Crippen LogP contribution >= 0.6 is 0 Å².